The number of fused-ring (bicyclic) bond motifs is 1. The fraction of sp³-hybridized carbons (Fsp3) is 0.571. The molecule has 0 amide bonds. The maximum Gasteiger partial charge on any atom is 0.330 e. The molecule has 0 bridgehead atoms. The Balaban J connectivity index is 0.00000243. The molecule has 1 unspecified atom stereocenters. The fourth-order valence-corrected chi connectivity index (χ4v) is 4.63. The quantitative estimate of drug-likeness (QED) is 0.274. The number of halogens is 1. The normalized spacial score (nSPS) is 28.1. The first-order chi connectivity index (χ1) is 12.1. The van der Waals surface area contributed by atoms with Crippen LogP contribution in [0.15, 0.2) is 30.3 Å². The minimum Gasteiger partial charge on any atom is -1.00 e. The average Bonchev–Trinajstić information content (AvgIpc) is 2.64. The third-order valence-electron chi connectivity index (χ3n) is 5.99. The lowest BCUT2D eigenvalue weighted by atomic mass is 9.82. The van der Waals surface area contributed by atoms with Crippen molar-refractivity contribution < 1.29 is 42.7 Å². The van der Waals surface area contributed by atoms with Crippen LogP contribution in [0.2, 0.25) is 0 Å². The summed E-state index contributed by atoms with van der Waals surface area (Å²) in [6.07, 6.45) is 9.63. The average molecular weight is 471 g/mol. The number of hydrogen-bond donors (Lipinski definition) is 0. The van der Waals surface area contributed by atoms with E-state index in [0.29, 0.717) is 18.6 Å². The monoisotopic (exact) mass is 471 g/mol. The predicted molar refractivity (Wildman–Crippen MR) is 99.3 cm³/mol. The number of carbonyl (C=O) groups excluding carboxylic acids is 1. The minimum atomic E-state index is -0.263. The van der Waals surface area contributed by atoms with Gasteiger partial charge < -0.3 is 37.9 Å². The maximum atomic E-state index is 12.1. The van der Waals surface area contributed by atoms with Gasteiger partial charge in [-0.25, -0.2) is 4.79 Å². The number of esters is 1. The van der Waals surface area contributed by atoms with Gasteiger partial charge in [0.25, 0.3) is 0 Å². The van der Waals surface area contributed by atoms with Gasteiger partial charge >= 0.3 is 5.97 Å². The van der Waals surface area contributed by atoms with E-state index in [1.807, 2.05) is 24.3 Å². The zero-order valence-corrected chi connectivity index (χ0v) is 18.0. The molecular formula is C21H30INO3. The number of para-hydroxylation sites is 1. The van der Waals surface area contributed by atoms with Crippen LogP contribution in [0, 0.1) is 5.92 Å². The molecule has 4 nitrogen and oxygen atoms in total. The van der Waals surface area contributed by atoms with Crippen molar-refractivity contribution in [1.82, 2.24) is 0 Å². The van der Waals surface area contributed by atoms with E-state index in [-0.39, 0.29) is 29.9 Å². The Morgan fingerprint density at radius 3 is 2.77 bits per heavy atom. The molecule has 3 rings (SSSR count). The summed E-state index contributed by atoms with van der Waals surface area (Å²) in [6.45, 7) is 3.11. The van der Waals surface area contributed by atoms with Crippen molar-refractivity contribution in [3.8, 4) is 5.75 Å². The second-order valence-electron chi connectivity index (χ2n) is 7.60. The molecule has 0 aromatic heterocycles. The topological polar surface area (TPSA) is 35.5 Å². The molecule has 144 valence electrons. The fourth-order valence-electron chi connectivity index (χ4n) is 4.63. The summed E-state index contributed by atoms with van der Waals surface area (Å²) in [6, 6.07) is 8.31. The smallest absolute Gasteiger partial charge is 0.330 e. The molecule has 1 aromatic rings. The molecule has 0 N–H and O–H groups in total. The van der Waals surface area contributed by atoms with Crippen LogP contribution in [0.25, 0.3) is 6.08 Å². The molecule has 0 radical (unpaired) electrons. The Labute approximate surface area is 174 Å². The highest BCUT2D eigenvalue weighted by atomic mass is 127. The van der Waals surface area contributed by atoms with E-state index in [4.69, 9.17) is 9.47 Å². The lowest BCUT2D eigenvalue weighted by Gasteiger charge is -2.51. The van der Waals surface area contributed by atoms with Crippen LogP contribution in [0.3, 0.4) is 0 Å². The van der Waals surface area contributed by atoms with Crippen LogP contribution in [0.4, 0.5) is 0 Å². The number of nitrogens with zero attached hydrogens (tertiary/aromatic N) is 1. The van der Waals surface area contributed by atoms with Crippen molar-refractivity contribution in [1.29, 1.82) is 0 Å². The molecular weight excluding hydrogens is 441 g/mol. The summed E-state index contributed by atoms with van der Waals surface area (Å²) in [5.41, 5.74) is 0.885. The Morgan fingerprint density at radius 1 is 1.19 bits per heavy atom. The van der Waals surface area contributed by atoms with Crippen LogP contribution in [0.1, 0.15) is 37.7 Å². The molecule has 2 aliphatic heterocycles. The predicted octanol–water partition coefficient (Wildman–Crippen LogP) is 0.665. The Hall–Kier alpha value is -1.08. The number of rotatable bonds is 5. The van der Waals surface area contributed by atoms with E-state index < -0.39 is 0 Å². The molecule has 26 heavy (non-hydrogen) atoms. The van der Waals surface area contributed by atoms with Gasteiger partial charge in [-0.15, -0.1) is 0 Å². The van der Waals surface area contributed by atoms with Crippen molar-refractivity contribution >= 4 is 12.0 Å². The van der Waals surface area contributed by atoms with Gasteiger partial charge in [-0.3, -0.25) is 0 Å². The van der Waals surface area contributed by atoms with Crippen molar-refractivity contribution in [2.75, 3.05) is 33.9 Å². The molecule has 2 saturated heterocycles. The second kappa shape index (κ2) is 9.74. The number of carbonyl (C=O) groups is 1. The van der Waals surface area contributed by atoms with E-state index in [1.165, 1.54) is 55.8 Å². The van der Waals surface area contributed by atoms with Crippen molar-refractivity contribution in [2.45, 2.75) is 38.1 Å². The van der Waals surface area contributed by atoms with Gasteiger partial charge in [0.1, 0.15) is 12.4 Å². The summed E-state index contributed by atoms with van der Waals surface area (Å²) < 4.78 is 12.1. The lowest BCUT2D eigenvalue weighted by molar-refractivity contribution is -0.947. The van der Waals surface area contributed by atoms with E-state index in [0.717, 1.165) is 11.3 Å². The summed E-state index contributed by atoms with van der Waals surface area (Å²) in [7, 11) is 4.02. The second-order valence-corrected chi connectivity index (χ2v) is 7.60. The van der Waals surface area contributed by atoms with Gasteiger partial charge in [0.15, 0.2) is 0 Å². The summed E-state index contributed by atoms with van der Waals surface area (Å²) in [5, 5.41) is 0. The number of methoxy groups -OCH3 is 1. The van der Waals surface area contributed by atoms with Crippen LogP contribution in [-0.4, -0.2) is 50.3 Å². The van der Waals surface area contributed by atoms with Crippen molar-refractivity contribution in [3.05, 3.63) is 35.9 Å². The summed E-state index contributed by atoms with van der Waals surface area (Å²) in [4.78, 5) is 12.1. The maximum absolute atomic E-state index is 12.1. The number of piperidine rings is 2. The van der Waals surface area contributed by atoms with E-state index in [2.05, 4.69) is 7.05 Å². The third-order valence-corrected chi connectivity index (χ3v) is 5.99. The highest BCUT2D eigenvalue weighted by Gasteiger charge is 2.43. The number of ether oxygens (including phenoxy) is 2. The first kappa shape index (κ1) is 21.2. The van der Waals surface area contributed by atoms with Crippen molar-refractivity contribution in [2.24, 2.45) is 5.92 Å². The minimum absolute atomic E-state index is 0. The Morgan fingerprint density at radius 2 is 1.96 bits per heavy atom. The van der Waals surface area contributed by atoms with Crippen LogP contribution < -0.4 is 28.7 Å². The molecule has 0 saturated carbocycles. The Kier molecular flexibility index (Phi) is 7.95. The third kappa shape index (κ3) is 5.00. The number of hydrogen-bond acceptors (Lipinski definition) is 3. The molecule has 2 fully saturated rings. The molecule has 2 heterocycles. The van der Waals surface area contributed by atoms with E-state index in [9.17, 15) is 4.79 Å². The van der Waals surface area contributed by atoms with Crippen LogP contribution in [-0.2, 0) is 9.53 Å². The summed E-state index contributed by atoms with van der Waals surface area (Å²) in [5.74, 6) is 0.998. The Bertz CT molecular complexity index is 629. The lowest BCUT2D eigenvalue weighted by Crippen LogP contribution is -3.00. The molecule has 5 heteroatoms. The summed E-state index contributed by atoms with van der Waals surface area (Å²) >= 11 is 0. The molecule has 2 aliphatic rings. The molecule has 3 atom stereocenters. The van der Waals surface area contributed by atoms with Gasteiger partial charge in [-0.1, -0.05) is 18.2 Å². The standard InChI is InChI=1S/C21H30NO3.HI/c1-22-14-6-5-10-19(22)18(9-7-15-22)16-25-21(23)13-12-17-8-3-4-11-20(17)24-2;/h3-4,8,11-13,18-19H,5-7,9-10,14-16H2,1-2H3;1H/q+1;/p-1/b13-12+;/t18-,19+,22?;/m0./s1. The first-order valence-corrected chi connectivity index (χ1v) is 9.44. The van der Waals surface area contributed by atoms with Crippen LogP contribution in [0.5, 0.6) is 5.75 Å². The van der Waals surface area contributed by atoms with Crippen molar-refractivity contribution in [3.63, 3.8) is 0 Å². The first-order valence-electron chi connectivity index (χ1n) is 9.44. The highest BCUT2D eigenvalue weighted by Crippen LogP contribution is 2.36. The van der Waals surface area contributed by atoms with Crippen LogP contribution >= 0.6 is 0 Å². The highest BCUT2D eigenvalue weighted by molar-refractivity contribution is 5.87. The number of benzene rings is 1. The van der Waals surface area contributed by atoms with Gasteiger partial charge in [-0.2, -0.15) is 0 Å². The van der Waals surface area contributed by atoms with Gasteiger partial charge in [0, 0.05) is 24.0 Å². The van der Waals surface area contributed by atoms with E-state index >= 15 is 0 Å². The van der Waals surface area contributed by atoms with E-state index in [1.54, 1.807) is 13.2 Å². The SMILES string of the molecule is COc1ccccc1/C=C/C(=O)OC[C@@H]1CCC[N+]2(C)CCCC[C@H]12.[I-]. The van der Waals surface area contributed by atoms with Gasteiger partial charge in [-0.05, 0) is 37.8 Å². The largest absolute Gasteiger partial charge is 1.00 e. The molecule has 0 spiro atoms. The van der Waals surface area contributed by atoms with Gasteiger partial charge in [0.05, 0.1) is 33.3 Å². The zero-order valence-electron chi connectivity index (χ0n) is 15.8. The number of quaternary nitrogens is 1. The van der Waals surface area contributed by atoms with Gasteiger partial charge in [0.2, 0.25) is 0 Å². The molecule has 0 aliphatic carbocycles. The molecule has 1 aromatic carbocycles. The zero-order chi connectivity index (χ0) is 17.7.